The Hall–Kier alpha value is -3.28. The standard InChI is InChI=1S/C23H25NO5/c1-5-14-7-9-15(10-8-14)21-20(19(25)6-2)22(26)23(27)24(21)16-11-17(28-3)13-18(12-16)29-4/h7-13,21,26H,5-6H2,1-4H3. The third-order valence-electron chi connectivity index (χ3n) is 5.15. The zero-order valence-electron chi connectivity index (χ0n) is 17.1. The number of aliphatic hydroxyl groups excluding tert-OH is 1. The van der Waals surface area contributed by atoms with Gasteiger partial charge in [0.15, 0.2) is 11.5 Å². The van der Waals surface area contributed by atoms with E-state index in [1.54, 1.807) is 25.1 Å². The van der Waals surface area contributed by atoms with E-state index in [1.807, 2.05) is 24.3 Å². The molecule has 0 saturated heterocycles. The van der Waals surface area contributed by atoms with Gasteiger partial charge in [-0.1, -0.05) is 38.1 Å². The van der Waals surface area contributed by atoms with E-state index in [-0.39, 0.29) is 17.8 Å². The van der Waals surface area contributed by atoms with Gasteiger partial charge in [-0.05, 0) is 17.5 Å². The molecule has 0 radical (unpaired) electrons. The lowest BCUT2D eigenvalue weighted by Gasteiger charge is -2.27. The van der Waals surface area contributed by atoms with E-state index in [0.717, 1.165) is 17.5 Å². The Balaban J connectivity index is 2.19. The molecular formula is C23H25NO5. The molecule has 1 N–H and O–H groups in total. The molecule has 29 heavy (non-hydrogen) atoms. The number of benzene rings is 2. The van der Waals surface area contributed by atoms with Gasteiger partial charge >= 0.3 is 0 Å². The van der Waals surface area contributed by atoms with Crippen LogP contribution >= 0.6 is 0 Å². The fourth-order valence-corrected chi connectivity index (χ4v) is 3.53. The first-order valence-corrected chi connectivity index (χ1v) is 9.56. The summed E-state index contributed by atoms with van der Waals surface area (Å²) in [4.78, 5) is 27.1. The first kappa shape index (κ1) is 20.5. The molecule has 1 heterocycles. The van der Waals surface area contributed by atoms with Crippen molar-refractivity contribution in [1.29, 1.82) is 0 Å². The van der Waals surface area contributed by atoms with Gasteiger partial charge < -0.3 is 14.6 Å². The molecule has 0 saturated carbocycles. The minimum absolute atomic E-state index is 0.114. The number of hydrogen-bond acceptors (Lipinski definition) is 5. The molecule has 2 aromatic rings. The quantitative estimate of drug-likeness (QED) is 0.762. The largest absolute Gasteiger partial charge is 0.503 e. The molecule has 0 aromatic heterocycles. The highest BCUT2D eigenvalue weighted by Crippen LogP contribution is 2.43. The van der Waals surface area contributed by atoms with Crippen LogP contribution in [0.15, 0.2) is 53.8 Å². The van der Waals surface area contributed by atoms with Gasteiger partial charge in [-0.25, -0.2) is 0 Å². The number of aliphatic hydroxyl groups is 1. The van der Waals surface area contributed by atoms with E-state index < -0.39 is 17.7 Å². The van der Waals surface area contributed by atoms with Crippen molar-refractivity contribution in [3.8, 4) is 11.5 Å². The van der Waals surface area contributed by atoms with Gasteiger partial charge in [0.05, 0.1) is 31.5 Å². The predicted molar refractivity (Wildman–Crippen MR) is 111 cm³/mol. The van der Waals surface area contributed by atoms with Crippen LogP contribution in [-0.2, 0) is 16.0 Å². The van der Waals surface area contributed by atoms with Crippen LogP contribution in [0.5, 0.6) is 11.5 Å². The number of carbonyl (C=O) groups is 2. The van der Waals surface area contributed by atoms with Crippen LogP contribution in [0, 0.1) is 0 Å². The second-order valence-electron chi connectivity index (χ2n) is 6.78. The molecule has 1 aliphatic rings. The Labute approximate surface area is 170 Å². The van der Waals surface area contributed by atoms with Gasteiger partial charge in [-0.2, -0.15) is 0 Å². The second-order valence-corrected chi connectivity index (χ2v) is 6.78. The number of nitrogens with zero attached hydrogens (tertiary/aromatic N) is 1. The van der Waals surface area contributed by atoms with Crippen LogP contribution in [0.1, 0.15) is 37.4 Å². The highest BCUT2D eigenvalue weighted by Gasteiger charge is 2.44. The molecule has 0 aliphatic carbocycles. The fourth-order valence-electron chi connectivity index (χ4n) is 3.53. The van der Waals surface area contributed by atoms with E-state index >= 15 is 0 Å². The molecule has 0 spiro atoms. The minimum atomic E-state index is -0.724. The summed E-state index contributed by atoms with van der Waals surface area (Å²) in [6.07, 6.45) is 1.06. The van der Waals surface area contributed by atoms with Crippen molar-refractivity contribution in [2.75, 3.05) is 19.1 Å². The minimum Gasteiger partial charge on any atom is -0.503 e. The van der Waals surface area contributed by atoms with Gasteiger partial charge in [-0.15, -0.1) is 0 Å². The highest BCUT2D eigenvalue weighted by molar-refractivity contribution is 6.16. The van der Waals surface area contributed by atoms with Gasteiger partial charge in [0, 0.05) is 24.6 Å². The van der Waals surface area contributed by atoms with E-state index in [2.05, 4.69) is 6.92 Å². The lowest BCUT2D eigenvalue weighted by atomic mass is 9.94. The maximum Gasteiger partial charge on any atom is 0.294 e. The number of amides is 1. The predicted octanol–water partition coefficient (Wildman–Crippen LogP) is 4.15. The first-order chi connectivity index (χ1) is 13.9. The topological polar surface area (TPSA) is 76.1 Å². The van der Waals surface area contributed by atoms with Gasteiger partial charge in [-0.3, -0.25) is 14.5 Å². The molecule has 1 unspecified atom stereocenters. The number of ketones is 1. The molecule has 6 nitrogen and oxygen atoms in total. The molecule has 3 rings (SSSR count). The smallest absolute Gasteiger partial charge is 0.294 e. The maximum atomic E-state index is 13.0. The number of methoxy groups -OCH3 is 2. The zero-order valence-corrected chi connectivity index (χ0v) is 17.1. The third-order valence-corrected chi connectivity index (χ3v) is 5.15. The molecule has 152 valence electrons. The molecule has 0 bridgehead atoms. The lowest BCUT2D eigenvalue weighted by Crippen LogP contribution is -2.31. The molecule has 1 atom stereocenters. The average molecular weight is 395 g/mol. The fraction of sp³-hybridized carbons (Fsp3) is 0.304. The molecule has 2 aromatic carbocycles. The van der Waals surface area contributed by atoms with Crippen molar-refractivity contribution >= 4 is 17.4 Å². The normalized spacial score (nSPS) is 16.3. The Morgan fingerprint density at radius 1 is 1.03 bits per heavy atom. The number of ether oxygens (including phenoxy) is 2. The summed E-state index contributed by atoms with van der Waals surface area (Å²) in [5.74, 6) is -0.397. The average Bonchev–Trinajstić information content (AvgIpc) is 3.03. The Bertz CT molecular complexity index is 939. The summed E-state index contributed by atoms with van der Waals surface area (Å²) in [7, 11) is 3.04. The molecular weight excluding hydrogens is 370 g/mol. The van der Waals surface area contributed by atoms with Gasteiger partial charge in [0.25, 0.3) is 5.91 Å². The van der Waals surface area contributed by atoms with Crippen molar-refractivity contribution < 1.29 is 24.2 Å². The van der Waals surface area contributed by atoms with Crippen LogP contribution in [0.3, 0.4) is 0 Å². The van der Waals surface area contributed by atoms with Crippen molar-refractivity contribution in [3.05, 3.63) is 64.9 Å². The van der Waals surface area contributed by atoms with E-state index in [4.69, 9.17) is 9.47 Å². The number of hydrogen-bond donors (Lipinski definition) is 1. The van der Waals surface area contributed by atoms with Crippen molar-refractivity contribution in [2.24, 2.45) is 0 Å². The van der Waals surface area contributed by atoms with Crippen LogP contribution in [0.2, 0.25) is 0 Å². The van der Waals surface area contributed by atoms with Crippen LogP contribution in [0.25, 0.3) is 0 Å². The first-order valence-electron chi connectivity index (χ1n) is 9.56. The van der Waals surface area contributed by atoms with Crippen molar-refractivity contribution in [2.45, 2.75) is 32.7 Å². The molecule has 6 heteroatoms. The van der Waals surface area contributed by atoms with Gasteiger partial charge in [0.2, 0.25) is 0 Å². The van der Waals surface area contributed by atoms with Crippen molar-refractivity contribution in [1.82, 2.24) is 0 Å². The lowest BCUT2D eigenvalue weighted by molar-refractivity contribution is -0.118. The van der Waals surface area contributed by atoms with Gasteiger partial charge in [0.1, 0.15) is 11.5 Å². The van der Waals surface area contributed by atoms with Crippen molar-refractivity contribution in [3.63, 3.8) is 0 Å². The number of anilines is 1. The molecule has 1 amide bonds. The Morgan fingerprint density at radius 3 is 2.10 bits per heavy atom. The second kappa shape index (κ2) is 8.39. The third kappa shape index (κ3) is 3.70. The van der Waals surface area contributed by atoms with Crippen LogP contribution in [0.4, 0.5) is 5.69 Å². The van der Waals surface area contributed by atoms with Crippen LogP contribution < -0.4 is 14.4 Å². The molecule has 0 fully saturated rings. The van der Waals surface area contributed by atoms with E-state index in [1.165, 1.54) is 19.1 Å². The zero-order chi connectivity index (χ0) is 21.1. The van der Waals surface area contributed by atoms with Crippen LogP contribution in [-0.4, -0.2) is 31.0 Å². The summed E-state index contributed by atoms with van der Waals surface area (Å²) in [6, 6.07) is 12.0. The van der Waals surface area contributed by atoms with E-state index in [9.17, 15) is 14.7 Å². The highest BCUT2D eigenvalue weighted by atomic mass is 16.5. The SMILES string of the molecule is CCC(=O)C1=C(O)C(=O)N(c2cc(OC)cc(OC)c2)C1c1ccc(CC)cc1. The Kier molecular flexibility index (Phi) is 5.92. The maximum absolute atomic E-state index is 13.0. The number of carbonyl (C=O) groups excluding carboxylic acids is 2. The summed E-state index contributed by atoms with van der Waals surface area (Å²) in [6.45, 7) is 3.77. The number of aryl methyl sites for hydroxylation is 1. The Morgan fingerprint density at radius 2 is 1.62 bits per heavy atom. The summed E-state index contributed by atoms with van der Waals surface area (Å²) < 4.78 is 10.6. The summed E-state index contributed by atoms with van der Waals surface area (Å²) in [5.41, 5.74) is 2.48. The number of rotatable bonds is 7. The monoisotopic (exact) mass is 395 g/mol. The van der Waals surface area contributed by atoms with E-state index in [0.29, 0.717) is 17.2 Å². The molecule has 1 aliphatic heterocycles. The number of Topliss-reactive ketones (excluding diaryl/α,β-unsaturated/α-hetero) is 1. The summed E-state index contributed by atoms with van der Waals surface area (Å²) >= 11 is 0. The summed E-state index contributed by atoms with van der Waals surface area (Å²) in [5, 5.41) is 10.6.